The molecule has 0 bridgehead atoms. The third-order valence-electron chi connectivity index (χ3n) is 2.47. The molecule has 1 aromatic rings. The Morgan fingerprint density at radius 3 is 2.57 bits per heavy atom. The summed E-state index contributed by atoms with van der Waals surface area (Å²) in [4.78, 5) is 22.6. The first-order valence-corrected chi connectivity index (χ1v) is 6.63. The highest BCUT2D eigenvalue weighted by molar-refractivity contribution is 5.94. The van der Waals surface area contributed by atoms with Gasteiger partial charge in [0.1, 0.15) is 11.4 Å². The molecule has 1 rings (SSSR count). The van der Waals surface area contributed by atoms with Gasteiger partial charge in [-0.05, 0) is 33.8 Å². The molecule has 4 nitrogen and oxygen atoms in total. The van der Waals surface area contributed by atoms with Crippen LogP contribution in [0, 0.1) is 5.82 Å². The van der Waals surface area contributed by atoms with Crippen LogP contribution in [-0.2, 0) is 4.74 Å². The first kappa shape index (κ1) is 16.9. The number of nitrogens with one attached hydrogen (secondary N) is 1. The molecule has 5 heteroatoms. The summed E-state index contributed by atoms with van der Waals surface area (Å²) in [7, 11) is 0. The number of Topliss-reactive ketones (excluding diaryl/α,β-unsaturated/α-hetero) is 1. The van der Waals surface area contributed by atoms with E-state index < -0.39 is 17.5 Å². The number of carbonyl (C=O) groups is 2. The number of halogens is 1. The Bertz CT molecular complexity index is 559. The number of benzene rings is 1. The van der Waals surface area contributed by atoms with Crippen LogP contribution in [0.15, 0.2) is 24.3 Å². The minimum absolute atomic E-state index is 0.0530. The first-order chi connectivity index (χ1) is 9.70. The molecule has 0 atom stereocenters. The van der Waals surface area contributed by atoms with Crippen molar-refractivity contribution in [3.8, 4) is 0 Å². The molecule has 114 valence electrons. The molecule has 0 heterocycles. The molecule has 0 saturated heterocycles. The van der Waals surface area contributed by atoms with Crippen LogP contribution in [0.1, 0.15) is 43.6 Å². The number of hydrogen-bond acceptors (Lipinski definition) is 3. The van der Waals surface area contributed by atoms with Crippen LogP contribution in [0.3, 0.4) is 0 Å². The van der Waals surface area contributed by atoms with Crippen molar-refractivity contribution in [1.29, 1.82) is 0 Å². The second-order valence-corrected chi connectivity index (χ2v) is 5.55. The Balaban J connectivity index is 2.61. The number of ether oxygens (including phenoxy) is 1. The van der Waals surface area contributed by atoms with Crippen molar-refractivity contribution in [3.05, 3.63) is 41.2 Å². The van der Waals surface area contributed by atoms with E-state index in [2.05, 4.69) is 5.32 Å². The monoisotopic (exact) mass is 293 g/mol. The molecular weight excluding hydrogens is 273 g/mol. The first-order valence-electron chi connectivity index (χ1n) is 6.63. The quantitative estimate of drug-likeness (QED) is 0.863. The van der Waals surface area contributed by atoms with Gasteiger partial charge in [-0.15, -0.1) is 0 Å². The predicted molar refractivity (Wildman–Crippen MR) is 79.7 cm³/mol. The molecule has 0 saturated carbocycles. The average Bonchev–Trinajstić information content (AvgIpc) is 2.33. The van der Waals surface area contributed by atoms with Crippen LogP contribution in [0.2, 0.25) is 0 Å². The summed E-state index contributed by atoms with van der Waals surface area (Å²) in [5.74, 6) is -0.881. The highest BCUT2D eigenvalue weighted by Crippen LogP contribution is 2.15. The van der Waals surface area contributed by atoms with Crippen LogP contribution >= 0.6 is 0 Å². The second-order valence-electron chi connectivity index (χ2n) is 5.55. The van der Waals surface area contributed by atoms with E-state index in [0.29, 0.717) is 5.56 Å². The zero-order chi connectivity index (χ0) is 16.0. The number of hydrogen-bond donors (Lipinski definition) is 1. The molecule has 0 aromatic heterocycles. The molecule has 0 spiro atoms. The van der Waals surface area contributed by atoms with Gasteiger partial charge < -0.3 is 10.1 Å². The second kappa shape index (κ2) is 7.02. The van der Waals surface area contributed by atoms with Gasteiger partial charge in [-0.25, -0.2) is 9.18 Å². The number of carbonyl (C=O) groups excluding carboxylic acids is 2. The van der Waals surface area contributed by atoms with E-state index >= 15 is 0 Å². The average molecular weight is 293 g/mol. The van der Waals surface area contributed by atoms with Crippen molar-refractivity contribution < 1.29 is 18.7 Å². The summed E-state index contributed by atoms with van der Waals surface area (Å²) in [6.07, 6.45) is 2.57. The van der Waals surface area contributed by atoms with Crippen LogP contribution < -0.4 is 5.32 Å². The summed E-state index contributed by atoms with van der Waals surface area (Å²) in [5, 5.41) is 2.53. The Hall–Kier alpha value is -2.17. The lowest BCUT2D eigenvalue weighted by molar-refractivity contribution is 0.0534. The molecule has 1 N–H and O–H groups in total. The third kappa shape index (κ3) is 5.77. The predicted octanol–water partition coefficient (Wildman–Crippen LogP) is 3.57. The maximum atomic E-state index is 13.9. The van der Waals surface area contributed by atoms with Crippen LogP contribution in [-0.4, -0.2) is 24.0 Å². The van der Waals surface area contributed by atoms with Crippen molar-refractivity contribution in [2.24, 2.45) is 0 Å². The maximum Gasteiger partial charge on any atom is 0.407 e. The van der Waals surface area contributed by atoms with Crippen LogP contribution in [0.5, 0.6) is 0 Å². The molecular formula is C16H20FNO3. The van der Waals surface area contributed by atoms with Crippen molar-refractivity contribution in [1.82, 2.24) is 5.32 Å². The minimum Gasteiger partial charge on any atom is -0.444 e. The van der Waals surface area contributed by atoms with Gasteiger partial charge in [0.15, 0.2) is 5.78 Å². The lowest BCUT2D eigenvalue weighted by atomic mass is 10.1. The Kier molecular flexibility index (Phi) is 5.64. The van der Waals surface area contributed by atoms with E-state index in [9.17, 15) is 14.0 Å². The Morgan fingerprint density at radius 2 is 2.00 bits per heavy atom. The highest BCUT2D eigenvalue weighted by Gasteiger charge is 2.15. The SMILES string of the molecule is CC(=O)c1cccc(C=CCNC(=O)OC(C)(C)C)c1F. The zero-order valence-corrected chi connectivity index (χ0v) is 12.7. The number of amides is 1. The summed E-state index contributed by atoms with van der Waals surface area (Å²) < 4.78 is 19.0. The molecule has 0 aliphatic carbocycles. The Morgan fingerprint density at radius 1 is 1.33 bits per heavy atom. The van der Waals surface area contributed by atoms with E-state index in [0.717, 1.165) is 0 Å². The molecule has 1 aromatic carbocycles. The lowest BCUT2D eigenvalue weighted by Crippen LogP contribution is -2.32. The van der Waals surface area contributed by atoms with Crippen molar-refractivity contribution in [2.45, 2.75) is 33.3 Å². The fourth-order valence-electron chi connectivity index (χ4n) is 1.59. The van der Waals surface area contributed by atoms with E-state index in [1.807, 2.05) is 0 Å². The molecule has 21 heavy (non-hydrogen) atoms. The molecule has 0 unspecified atom stereocenters. The molecule has 1 amide bonds. The van der Waals surface area contributed by atoms with E-state index in [1.54, 1.807) is 39.0 Å². The van der Waals surface area contributed by atoms with Crippen molar-refractivity contribution in [2.75, 3.05) is 6.54 Å². The lowest BCUT2D eigenvalue weighted by Gasteiger charge is -2.19. The van der Waals surface area contributed by atoms with Gasteiger partial charge in [0.05, 0.1) is 5.56 Å². The minimum atomic E-state index is -0.560. The van der Waals surface area contributed by atoms with Gasteiger partial charge in [0.25, 0.3) is 0 Å². The van der Waals surface area contributed by atoms with Gasteiger partial charge in [0.2, 0.25) is 0 Å². The summed E-state index contributed by atoms with van der Waals surface area (Å²) in [6.45, 7) is 6.83. The van der Waals surface area contributed by atoms with Gasteiger partial charge in [-0.1, -0.05) is 24.3 Å². The van der Waals surface area contributed by atoms with Gasteiger partial charge in [0, 0.05) is 12.1 Å². The third-order valence-corrected chi connectivity index (χ3v) is 2.47. The number of alkyl carbamates (subject to hydrolysis) is 1. The van der Waals surface area contributed by atoms with Gasteiger partial charge in [-0.3, -0.25) is 4.79 Å². The van der Waals surface area contributed by atoms with Crippen LogP contribution in [0.4, 0.5) is 9.18 Å². The van der Waals surface area contributed by atoms with Gasteiger partial charge >= 0.3 is 6.09 Å². The number of ketones is 1. The summed E-state index contributed by atoms with van der Waals surface area (Å²) >= 11 is 0. The highest BCUT2D eigenvalue weighted by atomic mass is 19.1. The smallest absolute Gasteiger partial charge is 0.407 e. The van der Waals surface area contributed by atoms with E-state index in [4.69, 9.17) is 4.74 Å². The Labute approximate surface area is 124 Å². The molecule has 0 radical (unpaired) electrons. The van der Waals surface area contributed by atoms with Crippen LogP contribution in [0.25, 0.3) is 6.08 Å². The van der Waals surface area contributed by atoms with E-state index in [-0.39, 0.29) is 17.9 Å². The van der Waals surface area contributed by atoms with E-state index in [1.165, 1.54) is 19.1 Å². The standard InChI is InChI=1S/C16H20FNO3/c1-11(19)13-9-5-7-12(14(13)17)8-6-10-18-15(20)21-16(2,3)4/h5-9H,10H2,1-4H3,(H,18,20). The zero-order valence-electron chi connectivity index (χ0n) is 12.7. The molecule has 0 aliphatic heterocycles. The number of rotatable bonds is 4. The summed E-state index contributed by atoms with van der Waals surface area (Å²) in [6, 6.07) is 4.61. The van der Waals surface area contributed by atoms with Crippen molar-refractivity contribution >= 4 is 18.0 Å². The summed E-state index contributed by atoms with van der Waals surface area (Å²) in [5.41, 5.74) is -0.207. The molecule has 0 aliphatic rings. The fraction of sp³-hybridized carbons (Fsp3) is 0.375. The topological polar surface area (TPSA) is 55.4 Å². The van der Waals surface area contributed by atoms with Crippen molar-refractivity contribution in [3.63, 3.8) is 0 Å². The fourth-order valence-corrected chi connectivity index (χ4v) is 1.59. The normalized spacial score (nSPS) is 11.5. The molecule has 0 fully saturated rings. The maximum absolute atomic E-state index is 13.9. The largest absolute Gasteiger partial charge is 0.444 e. The van der Waals surface area contributed by atoms with Gasteiger partial charge in [-0.2, -0.15) is 0 Å².